The Morgan fingerprint density at radius 2 is 1.96 bits per heavy atom. The number of aryl methyl sites for hydroxylation is 1. The lowest BCUT2D eigenvalue weighted by Gasteiger charge is -2.07. The number of aromatic nitrogens is 5. The summed E-state index contributed by atoms with van der Waals surface area (Å²) in [5.74, 6) is 3.01. The highest BCUT2D eigenvalue weighted by Crippen LogP contribution is 2.13. The molecule has 1 aromatic carbocycles. The van der Waals surface area contributed by atoms with Crippen molar-refractivity contribution < 1.29 is 4.74 Å². The van der Waals surface area contributed by atoms with E-state index in [9.17, 15) is 0 Å². The van der Waals surface area contributed by atoms with Gasteiger partial charge in [-0.2, -0.15) is 5.10 Å². The highest BCUT2D eigenvalue weighted by Gasteiger charge is 2.06. The van der Waals surface area contributed by atoms with Crippen LogP contribution in [0.4, 0.5) is 5.82 Å². The van der Waals surface area contributed by atoms with E-state index in [4.69, 9.17) is 4.74 Å². The van der Waals surface area contributed by atoms with E-state index in [1.807, 2.05) is 43.3 Å². The fourth-order valence-corrected chi connectivity index (χ4v) is 2.35. The number of aromatic amines is 1. The summed E-state index contributed by atoms with van der Waals surface area (Å²) in [4.78, 5) is 13.3. The van der Waals surface area contributed by atoms with Crippen LogP contribution in [0.3, 0.4) is 0 Å². The van der Waals surface area contributed by atoms with Crippen molar-refractivity contribution in [3.05, 3.63) is 53.7 Å². The molecule has 0 amide bonds. The monoisotopic (exact) mass is 324 g/mol. The highest BCUT2D eigenvalue weighted by molar-refractivity contribution is 5.53. The molecule has 7 heteroatoms. The topological polar surface area (TPSA) is 88.6 Å². The van der Waals surface area contributed by atoms with Crippen molar-refractivity contribution in [3.63, 3.8) is 0 Å². The minimum Gasteiger partial charge on any atom is -0.377 e. The summed E-state index contributed by atoms with van der Waals surface area (Å²) in [6.07, 6.45) is 0.725. The average molecular weight is 324 g/mol. The second kappa shape index (κ2) is 7.65. The van der Waals surface area contributed by atoms with Crippen molar-refractivity contribution in [1.29, 1.82) is 0 Å². The molecule has 0 spiro atoms. The fraction of sp³-hybridized carbons (Fsp3) is 0.294. The van der Waals surface area contributed by atoms with Gasteiger partial charge >= 0.3 is 0 Å². The molecule has 3 rings (SSSR count). The van der Waals surface area contributed by atoms with Crippen LogP contribution >= 0.6 is 0 Å². The largest absolute Gasteiger partial charge is 0.377 e. The number of anilines is 1. The molecule has 0 aliphatic rings. The summed E-state index contributed by atoms with van der Waals surface area (Å²) in [6.45, 7) is 3.04. The number of H-pyrrole nitrogens is 1. The summed E-state index contributed by atoms with van der Waals surface area (Å²) in [7, 11) is 1.63. The van der Waals surface area contributed by atoms with Crippen LogP contribution in [-0.4, -0.2) is 38.8 Å². The third-order valence-corrected chi connectivity index (χ3v) is 3.41. The van der Waals surface area contributed by atoms with Crippen molar-refractivity contribution in [2.45, 2.75) is 20.0 Å². The Bertz CT molecular complexity index is 787. The molecule has 2 aromatic heterocycles. The average Bonchev–Trinajstić information content (AvgIpc) is 3.04. The zero-order valence-electron chi connectivity index (χ0n) is 13.8. The highest BCUT2D eigenvalue weighted by atomic mass is 16.5. The molecule has 3 aromatic rings. The van der Waals surface area contributed by atoms with Crippen LogP contribution in [0, 0.1) is 6.92 Å². The van der Waals surface area contributed by atoms with Gasteiger partial charge in [-0.1, -0.05) is 30.3 Å². The van der Waals surface area contributed by atoms with Crippen molar-refractivity contribution in [1.82, 2.24) is 25.1 Å². The molecular weight excluding hydrogens is 304 g/mol. The first-order valence-corrected chi connectivity index (χ1v) is 7.78. The van der Waals surface area contributed by atoms with Gasteiger partial charge in [0.05, 0.1) is 0 Å². The molecule has 7 nitrogen and oxygen atoms in total. The van der Waals surface area contributed by atoms with Gasteiger partial charge in [0, 0.05) is 37.4 Å². The SMILES string of the molecule is COCc1nc(C)cc(NCCc2nc(-c3ccccc3)n[nH]2)n1. The summed E-state index contributed by atoms with van der Waals surface area (Å²) in [5.41, 5.74) is 1.91. The van der Waals surface area contributed by atoms with E-state index in [1.165, 1.54) is 0 Å². The lowest BCUT2D eigenvalue weighted by Crippen LogP contribution is -2.10. The Morgan fingerprint density at radius 1 is 1.12 bits per heavy atom. The van der Waals surface area contributed by atoms with Crippen molar-refractivity contribution in [2.75, 3.05) is 19.0 Å². The number of nitrogens with one attached hydrogen (secondary N) is 2. The number of hydrogen-bond acceptors (Lipinski definition) is 6. The van der Waals surface area contributed by atoms with Crippen LogP contribution in [0.15, 0.2) is 36.4 Å². The second-order valence-corrected chi connectivity index (χ2v) is 5.39. The lowest BCUT2D eigenvalue weighted by atomic mass is 10.2. The molecule has 0 atom stereocenters. The maximum Gasteiger partial charge on any atom is 0.181 e. The van der Waals surface area contributed by atoms with E-state index >= 15 is 0 Å². The van der Waals surface area contributed by atoms with Crippen molar-refractivity contribution in [2.24, 2.45) is 0 Å². The van der Waals surface area contributed by atoms with Crippen LogP contribution in [0.25, 0.3) is 11.4 Å². The Hall–Kier alpha value is -2.80. The third kappa shape index (κ3) is 4.14. The van der Waals surface area contributed by atoms with E-state index < -0.39 is 0 Å². The van der Waals surface area contributed by atoms with Gasteiger partial charge in [0.25, 0.3) is 0 Å². The van der Waals surface area contributed by atoms with Gasteiger partial charge in [0.2, 0.25) is 0 Å². The summed E-state index contributed by atoms with van der Waals surface area (Å²) < 4.78 is 5.08. The van der Waals surface area contributed by atoms with Crippen molar-refractivity contribution >= 4 is 5.82 Å². The zero-order chi connectivity index (χ0) is 16.8. The molecule has 0 fully saturated rings. The minimum absolute atomic E-state index is 0.402. The number of hydrogen-bond donors (Lipinski definition) is 2. The molecule has 2 N–H and O–H groups in total. The van der Waals surface area contributed by atoms with Gasteiger partial charge in [-0.15, -0.1) is 0 Å². The summed E-state index contributed by atoms with van der Waals surface area (Å²) in [5, 5.41) is 10.5. The molecule has 0 aliphatic heterocycles. The van der Waals surface area contributed by atoms with Gasteiger partial charge in [0.1, 0.15) is 18.2 Å². The molecule has 0 radical (unpaired) electrons. The van der Waals surface area contributed by atoms with E-state index in [0.29, 0.717) is 24.8 Å². The Kier molecular flexibility index (Phi) is 5.12. The van der Waals surface area contributed by atoms with Gasteiger partial charge in [-0.05, 0) is 6.92 Å². The van der Waals surface area contributed by atoms with E-state index in [-0.39, 0.29) is 0 Å². The minimum atomic E-state index is 0.402. The van der Waals surface area contributed by atoms with Crippen molar-refractivity contribution in [3.8, 4) is 11.4 Å². The van der Waals surface area contributed by atoms with Gasteiger partial charge in [-0.25, -0.2) is 15.0 Å². The molecule has 0 aliphatic carbocycles. The van der Waals surface area contributed by atoms with E-state index in [2.05, 4.69) is 30.5 Å². The number of ether oxygens (including phenoxy) is 1. The fourth-order valence-electron chi connectivity index (χ4n) is 2.35. The molecule has 0 bridgehead atoms. The zero-order valence-corrected chi connectivity index (χ0v) is 13.8. The Labute approximate surface area is 140 Å². The molecule has 24 heavy (non-hydrogen) atoms. The van der Waals surface area contributed by atoms with Crippen LogP contribution < -0.4 is 5.32 Å². The van der Waals surface area contributed by atoms with E-state index in [1.54, 1.807) is 7.11 Å². The Morgan fingerprint density at radius 3 is 2.75 bits per heavy atom. The van der Waals surface area contributed by atoms with Crippen LogP contribution in [0.2, 0.25) is 0 Å². The lowest BCUT2D eigenvalue weighted by molar-refractivity contribution is 0.177. The summed E-state index contributed by atoms with van der Waals surface area (Å²) in [6, 6.07) is 11.8. The summed E-state index contributed by atoms with van der Waals surface area (Å²) >= 11 is 0. The van der Waals surface area contributed by atoms with Gasteiger partial charge in [-0.3, -0.25) is 5.10 Å². The molecule has 0 saturated heterocycles. The van der Waals surface area contributed by atoms with E-state index in [0.717, 1.165) is 29.3 Å². The molecular formula is C17H20N6O. The van der Waals surface area contributed by atoms with Gasteiger partial charge < -0.3 is 10.1 Å². The number of methoxy groups -OCH3 is 1. The number of rotatable bonds is 7. The van der Waals surface area contributed by atoms with Crippen LogP contribution in [0.1, 0.15) is 17.3 Å². The standard InChI is InChI=1S/C17H20N6O/c1-12-10-15(20-16(19-12)11-24-2)18-9-8-14-21-17(23-22-14)13-6-4-3-5-7-13/h3-7,10H,8-9,11H2,1-2H3,(H,18,19,20)(H,21,22,23). The first-order chi connectivity index (χ1) is 11.7. The maximum atomic E-state index is 5.08. The number of benzene rings is 1. The smallest absolute Gasteiger partial charge is 0.181 e. The Balaban J connectivity index is 1.58. The first-order valence-electron chi connectivity index (χ1n) is 7.78. The first kappa shape index (κ1) is 16.1. The van der Waals surface area contributed by atoms with Crippen LogP contribution in [0.5, 0.6) is 0 Å². The van der Waals surface area contributed by atoms with Gasteiger partial charge in [0.15, 0.2) is 11.6 Å². The maximum absolute atomic E-state index is 5.08. The predicted octanol–water partition coefficient (Wildman–Crippen LogP) is 2.37. The predicted molar refractivity (Wildman–Crippen MR) is 91.5 cm³/mol. The molecule has 0 unspecified atom stereocenters. The third-order valence-electron chi connectivity index (χ3n) is 3.41. The van der Waals surface area contributed by atoms with Crippen LogP contribution in [-0.2, 0) is 17.8 Å². The number of nitrogens with zero attached hydrogens (tertiary/aromatic N) is 4. The second-order valence-electron chi connectivity index (χ2n) is 5.39. The quantitative estimate of drug-likeness (QED) is 0.693. The molecule has 124 valence electrons. The molecule has 0 saturated carbocycles. The normalized spacial score (nSPS) is 10.8. The molecule has 2 heterocycles.